The predicted octanol–water partition coefficient (Wildman–Crippen LogP) is 1.68. The molecule has 6 heteroatoms. The van der Waals surface area contributed by atoms with Gasteiger partial charge in [-0.1, -0.05) is 11.6 Å². The summed E-state index contributed by atoms with van der Waals surface area (Å²) >= 11 is 8.63. The molecule has 0 aliphatic heterocycles. The van der Waals surface area contributed by atoms with Gasteiger partial charge < -0.3 is 4.74 Å². The fourth-order valence-corrected chi connectivity index (χ4v) is 0.886. The number of hydrogen-bond acceptors (Lipinski definition) is 4. The van der Waals surface area contributed by atoms with E-state index in [-0.39, 0.29) is 10.8 Å². The quantitative estimate of drug-likeness (QED) is 0.713. The molecule has 64 valence electrons. The molecule has 0 aliphatic carbocycles. The fourth-order valence-electron chi connectivity index (χ4n) is 0.555. The van der Waals surface area contributed by atoms with Crippen LogP contribution >= 0.6 is 27.5 Å². The summed E-state index contributed by atoms with van der Waals surface area (Å²) in [6, 6.07) is 0. The lowest BCUT2D eigenvalue weighted by atomic mass is 10.5. The van der Waals surface area contributed by atoms with Gasteiger partial charge in [0.15, 0.2) is 10.8 Å². The van der Waals surface area contributed by atoms with Crippen LogP contribution in [0.25, 0.3) is 0 Å². The first-order valence-corrected chi connectivity index (χ1v) is 4.08. The predicted molar refractivity (Wildman–Crippen MR) is 46.1 cm³/mol. The number of halogens is 2. The molecule has 12 heavy (non-hydrogen) atoms. The third-order valence-corrected chi connectivity index (χ3v) is 2.16. The standard InChI is InChI=1S/C6H4BrClN2O2/c1-12-6(11)3-2-9-4(7)5(8)10-3/h2H,1H3. The van der Waals surface area contributed by atoms with Crippen LogP contribution in [0.3, 0.4) is 0 Å². The highest BCUT2D eigenvalue weighted by Crippen LogP contribution is 2.16. The van der Waals surface area contributed by atoms with Gasteiger partial charge in [0.25, 0.3) is 0 Å². The van der Waals surface area contributed by atoms with E-state index in [9.17, 15) is 4.79 Å². The maximum absolute atomic E-state index is 10.9. The van der Waals surface area contributed by atoms with Crippen molar-refractivity contribution in [2.24, 2.45) is 0 Å². The van der Waals surface area contributed by atoms with Crippen molar-refractivity contribution in [3.8, 4) is 0 Å². The summed E-state index contributed by atoms with van der Waals surface area (Å²) in [5.41, 5.74) is 0.0886. The minimum absolute atomic E-state index is 0.0886. The Labute approximate surface area is 82.0 Å². The number of ether oxygens (including phenoxy) is 1. The lowest BCUT2D eigenvalue weighted by Gasteiger charge is -1.98. The molecule has 0 saturated carbocycles. The second-order valence-electron chi connectivity index (χ2n) is 1.83. The Morgan fingerprint density at radius 1 is 1.75 bits per heavy atom. The number of aromatic nitrogens is 2. The zero-order valence-electron chi connectivity index (χ0n) is 6.04. The molecule has 0 unspecified atom stereocenters. The Morgan fingerprint density at radius 3 is 2.92 bits per heavy atom. The summed E-state index contributed by atoms with van der Waals surface area (Å²) in [4.78, 5) is 18.4. The molecule has 0 radical (unpaired) electrons. The summed E-state index contributed by atoms with van der Waals surface area (Å²) in [6.45, 7) is 0. The Hall–Kier alpha value is -0.680. The largest absolute Gasteiger partial charge is 0.464 e. The zero-order chi connectivity index (χ0) is 9.14. The Bertz CT molecular complexity index is 318. The molecule has 0 saturated heterocycles. The van der Waals surface area contributed by atoms with Gasteiger partial charge in [0.05, 0.1) is 13.3 Å². The van der Waals surface area contributed by atoms with E-state index in [0.29, 0.717) is 4.60 Å². The van der Waals surface area contributed by atoms with Crippen molar-refractivity contribution in [2.75, 3.05) is 7.11 Å². The summed E-state index contributed by atoms with van der Waals surface area (Å²) in [5.74, 6) is -0.558. The first-order chi connectivity index (χ1) is 5.65. The SMILES string of the molecule is COC(=O)c1cnc(Br)c(Cl)n1. The highest BCUT2D eigenvalue weighted by molar-refractivity contribution is 9.10. The van der Waals surface area contributed by atoms with Crippen molar-refractivity contribution in [2.45, 2.75) is 0 Å². The topological polar surface area (TPSA) is 52.1 Å². The smallest absolute Gasteiger partial charge is 0.358 e. The van der Waals surface area contributed by atoms with Gasteiger partial charge in [-0.05, 0) is 15.9 Å². The Balaban J connectivity index is 3.05. The number of hydrogen-bond donors (Lipinski definition) is 0. The van der Waals surface area contributed by atoms with E-state index in [1.54, 1.807) is 0 Å². The minimum Gasteiger partial charge on any atom is -0.464 e. The fraction of sp³-hybridized carbons (Fsp3) is 0.167. The van der Waals surface area contributed by atoms with Crippen LogP contribution in [-0.4, -0.2) is 23.0 Å². The number of carbonyl (C=O) groups excluding carboxylic acids is 1. The van der Waals surface area contributed by atoms with Crippen LogP contribution in [0.4, 0.5) is 0 Å². The Kier molecular flexibility index (Phi) is 2.99. The minimum atomic E-state index is -0.558. The average Bonchev–Trinajstić information content (AvgIpc) is 2.08. The zero-order valence-corrected chi connectivity index (χ0v) is 8.39. The summed E-state index contributed by atoms with van der Waals surface area (Å²) in [6.07, 6.45) is 1.28. The van der Waals surface area contributed by atoms with Crippen molar-refractivity contribution < 1.29 is 9.53 Å². The van der Waals surface area contributed by atoms with Gasteiger partial charge in [-0.15, -0.1) is 0 Å². The van der Waals surface area contributed by atoms with Crippen LogP contribution in [-0.2, 0) is 4.74 Å². The number of esters is 1. The molecule has 1 aromatic heterocycles. The molecule has 0 N–H and O–H groups in total. The van der Waals surface area contributed by atoms with Crippen molar-refractivity contribution in [1.82, 2.24) is 9.97 Å². The number of methoxy groups -OCH3 is 1. The molecule has 0 aliphatic rings. The molecule has 1 aromatic rings. The molecule has 0 aromatic carbocycles. The van der Waals surface area contributed by atoms with Gasteiger partial charge in [-0.2, -0.15) is 0 Å². The van der Waals surface area contributed by atoms with E-state index >= 15 is 0 Å². The van der Waals surface area contributed by atoms with Gasteiger partial charge in [0.1, 0.15) is 4.60 Å². The molecule has 0 atom stereocenters. The molecule has 1 heterocycles. The molecular formula is C6H4BrClN2O2. The molecule has 4 nitrogen and oxygen atoms in total. The van der Waals surface area contributed by atoms with Gasteiger partial charge in [0, 0.05) is 0 Å². The molecule has 0 amide bonds. The lowest BCUT2D eigenvalue weighted by Crippen LogP contribution is -2.05. The monoisotopic (exact) mass is 250 g/mol. The lowest BCUT2D eigenvalue weighted by molar-refractivity contribution is 0.0593. The third kappa shape index (κ3) is 1.92. The number of carbonyl (C=O) groups is 1. The van der Waals surface area contributed by atoms with Crippen LogP contribution < -0.4 is 0 Å². The Morgan fingerprint density at radius 2 is 2.42 bits per heavy atom. The van der Waals surface area contributed by atoms with Crippen molar-refractivity contribution >= 4 is 33.5 Å². The summed E-state index contributed by atoms with van der Waals surface area (Å²) in [7, 11) is 1.26. The maximum Gasteiger partial charge on any atom is 0.358 e. The van der Waals surface area contributed by atoms with Crippen LogP contribution in [0, 0.1) is 0 Å². The third-order valence-electron chi connectivity index (χ3n) is 1.08. The second-order valence-corrected chi connectivity index (χ2v) is 2.94. The van der Waals surface area contributed by atoms with E-state index in [4.69, 9.17) is 11.6 Å². The molecule has 0 bridgehead atoms. The second kappa shape index (κ2) is 3.82. The van der Waals surface area contributed by atoms with Crippen molar-refractivity contribution in [1.29, 1.82) is 0 Å². The van der Waals surface area contributed by atoms with E-state index < -0.39 is 5.97 Å². The highest BCUT2D eigenvalue weighted by atomic mass is 79.9. The van der Waals surface area contributed by atoms with Gasteiger partial charge >= 0.3 is 5.97 Å². The number of rotatable bonds is 1. The molecular weight excluding hydrogens is 247 g/mol. The average molecular weight is 251 g/mol. The normalized spacial score (nSPS) is 9.58. The summed E-state index contributed by atoms with van der Waals surface area (Å²) < 4.78 is 4.82. The highest BCUT2D eigenvalue weighted by Gasteiger charge is 2.09. The van der Waals surface area contributed by atoms with Crippen LogP contribution in [0.15, 0.2) is 10.8 Å². The first kappa shape index (κ1) is 9.41. The van der Waals surface area contributed by atoms with E-state index in [0.717, 1.165) is 0 Å². The van der Waals surface area contributed by atoms with Crippen molar-refractivity contribution in [3.63, 3.8) is 0 Å². The van der Waals surface area contributed by atoms with Gasteiger partial charge in [-0.25, -0.2) is 14.8 Å². The van der Waals surface area contributed by atoms with Crippen LogP contribution in [0.1, 0.15) is 10.5 Å². The van der Waals surface area contributed by atoms with E-state index in [2.05, 4.69) is 30.6 Å². The molecule has 0 fully saturated rings. The van der Waals surface area contributed by atoms with Gasteiger partial charge in [0.2, 0.25) is 0 Å². The van der Waals surface area contributed by atoms with Crippen LogP contribution in [0.5, 0.6) is 0 Å². The van der Waals surface area contributed by atoms with E-state index in [1.165, 1.54) is 13.3 Å². The van der Waals surface area contributed by atoms with Crippen molar-refractivity contribution in [3.05, 3.63) is 21.6 Å². The summed E-state index contributed by atoms with van der Waals surface area (Å²) in [5, 5.41) is 0.137. The number of nitrogens with zero attached hydrogens (tertiary/aromatic N) is 2. The molecule has 0 spiro atoms. The molecule has 1 rings (SSSR count). The first-order valence-electron chi connectivity index (χ1n) is 2.91. The van der Waals surface area contributed by atoms with Crippen LogP contribution in [0.2, 0.25) is 5.15 Å². The van der Waals surface area contributed by atoms with Gasteiger partial charge in [-0.3, -0.25) is 0 Å². The van der Waals surface area contributed by atoms with E-state index in [1.807, 2.05) is 0 Å². The maximum atomic E-state index is 10.9.